The highest BCUT2D eigenvalue weighted by Crippen LogP contribution is 2.19. The van der Waals surface area contributed by atoms with Gasteiger partial charge in [-0.3, -0.25) is 9.80 Å². The minimum atomic E-state index is -0.272. The van der Waals surface area contributed by atoms with Crippen LogP contribution in [-0.2, 0) is 0 Å². The van der Waals surface area contributed by atoms with Crippen LogP contribution in [0.1, 0.15) is 17.3 Å². The van der Waals surface area contributed by atoms with Gasteiger partial charge in [0, 0.05) is 16.7 Å². The predicted octanol–water partition coefficient (Wildman–Crippen LogP) is 1.37. The van der Waals surface area contributed by atoms with Gasteiger partial charge in [-0.15, -0.1) is 0 Å². The molecule has 76 valence electrons. The van der Waals surface area contributed by atoms with Gasteiger partial charge >= 0.3 is 0 Å². The van der Waals surface area contributed by atoms with Gasteiger partial charge in [0.25, 0.3) is 5.91 Å². The van der Waals surface area contributed by atoms with Gasteiger partial charge in [-0.25, -0.2) is 5.84 Å². The van der Waals surface area contributed by atoms with Crippen molar-refractivity contribution in [3.8, 4) is 0 Å². The van der Waals surface area contributed by atoms with E-state index < -0.39 is 0 Å². The fraction of sp³-hybridized carbons (Fsp3) is 0.222. The molecule has 0 fully saturated rings. The van der Waals surface area contributed by atoms with E-state index in [1.54, 1.807) is 25.1 Å². The Morgan fingerprint density at radius 3 is 2.79 bits per heavy atom. The maximum absolute atomic E-state index is 11.6. The van der Waals surface area contributed by atoms with Crippen LogP contribution in [-0.4, -0.2) is 17.5 Å². The monoisotopic (exact) mass is 257 g/mol. The molecular weight excluding hydrogens is 246 g/mol. The van der Waals surface area contributed by atoms with Gasteiger partial charge in [0.05, 0.1) is 5.56 Å². The summed E-state index contributed by atoms with van der Waals surface area (Å²) >= 11 is 3.27. The molecule has 0 atom stereocenters. The Bertz CT molecular complexity index is 354. The smallest absolute Gasteiger partial charge is 0.269 e. The number of rotatable bonds is 2. The maximum Gasteiger partial charge on any atom is 0.269 e. The number of carbonyl (C=O) groups is 1. The quantitative estimate of drug-likeness (QED) is 0.364. The number of halogens is 1. The van der Waals surface area contributed by atoms with E-state index in [1.165, 1.54) is 0 Å². The normalized spacial score (nSPS) is 9.93. The van der Waals surface area contributed by atoms with Crippen LogP contribution in [0.5, 0.6) is 0 Å². The molecule has 1 rings (SSSR count). The van der Waals surface area contributed by atoms with Gasteiger partial charge in [-0.05, 0) is 25.1 Å². The first-order chi connectivity index (χ1) is 6.56. The average molecular weight is 258 g/mol. The summed E-state index contributed by atoms with van der Waals surface area (Å²) in [6.07, 6.45) is 0. The number of hydrogen-bond donors (Lipinski definition) is 2. The van der Waals surface area contributed by atoms with Crippen molar-refractivity contribution < 1.29 is 4.79 Å². The van der Waals surface area contributed by atoms with Crippen molar-refractivity contribution in [2.45, 2.75) is 6.92 Å². The highest BCUT2D eigenvalue weighted by molar-refractivity contribution is 9.10. The van der Waals surface area contributed by atoms with E-state index in [4.69, 9.17) is 11.6 Å². The Kier molecular flexibility index (Phi) is 3.49. The largest absolute Gasteiger partial charge is 0.398 e. The van der Waals surface area contributed by atoms with Gasteiger partial charge in [0.15, 0.2) is 0 Å². The van der Waals surface area contributed by atoms with Gasteiger partial charge in [-0.2, -0.15) is 0 Å². The van der Waals surface area contributed by atoms with Crippen LogP contribution in [0.25, 0.3) is 0 Å². The van der Waals surface area contributed by atoms with E-state index in [0.717, 1.165) is 9.48 Å². The molecule has 0 heterocycles. The number of anilines is 1. The Morgan fingerprint density at radius 2 is 2.21 bits per heavy atom. The molecule has 1 aromatic carbocycles. The SMILES string of the molecule is CCN(N)C(=O)c1cc(Br)ccc1N. The molecule has 5 heteroatoms. The Hall–Kier alpha value is -1.07. The van der Waals surface area contributed by atoms with Crippen LogP contribution >= 0.6 is 15.9 Å². The number of nitrogens with zero attached hydrogens (tertiary/aromatic N) is 1. The topological polar surface area (TPSA) is 72.3 Å². The van der Waals surface area contributed by atoms with Crippen LogP contribution in [0.3, 0.4) is 0 Å². The molecule has 0 spiro atoms. The van der Waals surface area contributed by atoms with E-state index in [9.17, 15) is 4.79 Å². The minimum absolute atomic E-state index is 0.272. The molecule has 14 heavy (non-hydrogen) atoms. The first-order valence-corrected chi connectivity index (χ1v) is 4.97. The van der Waals surface area contributed by atoms with Crippen molar-refractivity contribution >= 4 is 27.5 Å². The first kappa shape index (κ1) is 11.0. The second-order valence-electron chi connectivity index (χ2n) is 2.82. The molecular formula is C9H12BrN3O. The van der Waals surface area contributed by atoms with E-state index in [-0.39, 0.29) is 5.91 Å². The van der Waals surface area contributed by atoms with Gasteiger partial charge in [-0.1, -0.05) is 15.9 Å². The second-order valence-corrected chi connectivity index (χ2v) is 3.74. The summed E-state index contributed by atoms with van der Waals surface area (Å²) in [5.74, 6) is 5.21. The summed E-state index contributed by atoms with van der Waals surface area (Å²) < 4.78 is 0.805. The number of hydrazine groups is 1. The van der Waals surface area contributed by atoms with Crippen LogP contribution in [0, 0.1) is 0 Å². The number of nitrogen functional groups attached to an aromatic ring is 1. The molecule has 0 aliphatic carbocycles. The van der Waals surface area contributed by atoms with E-state index in [1.807, 2.05) is 0 Å². The number of amides is 1. The van der Waals surface area contributed by atoms with Crippen molar-refractivity contribution in [1.82, 2.24) is 5.01 Å². The van der Waals surface area contributed by atoms with Crippen LogP contribution in [0.4, 0.5) is 5.69 Å². The molecule has 1 aromatic rings. The Balaban J connectivity index is 3.06. The third-order valence-electron chi connectivity index (χ3n) is 1.85. The molecule has 0 bridgehead atoms. The lowest BCUT2D eigenvalue weighted by Gasteiger charge is -2.15. The lowest BCUT2D eigenvalue weighted by atomic mass is 10.1. The number of benzene rings is 1. The van der Waals surface area contributed by atoms with Crippen molar-refractivity contribution in [2.24, 2.45) is 5.84 Å². The molecule has 0 saturated carbocycles. The van der Waals surface area contributed by atoms with Crippen molar-refractivity contribution in [3.63, 3.8) is 0 Å². The third-order valence-corrected chi connectivity index (χ3v) is 2.34. The fourth-order valence-corrected chi connectivity index (χ4v) is 1.37. The lowest BCUT2D eigenvalue weighted by Crippen LogP contribution is -2.37. The predicted molar refractivity (Wildman–Crippen MR) is 59.5 cm³/mol. The van der Waals surface area contributed by atoms with E-state index in [2.05, 4.69) is 15.9 Å². The average Bonchev–Trinajstić information content (AvgIpc) is 2.19. The molecule has 0 saturated heterocycles. The van der Waals surface area contributed by atoms with E-state index >= 15 is 0 Å². The lowest BCUT2D eigenvalue weighted by molar-refractivity contribution is 0.0765. The molecule has 0 unspecified atom stereocenters. The zero-order valence-corrected chi connectivity index (χ0v) is 9.41. The molecule has 0 radical (unpaired) electrons. The van der Waals surface area contributed by atoms with Crippen LogP contribution in [0.2, 0.25) is 0 Å². The number of carbonyl (C=O) groups excluding carboxylic acids is 1. The molecule has 0 aliphatic rings. The second kappa shape index (κ2) is 4.43. The fourth-order valence-electron chi connectivity index (χ4n) is 1.01. The van der Waals surface area contributed by atoms with Gasteiger partial charge in [0.2, 0.25) is 0 Å². The number of nitrogens with two attached hydrogens (primary N) is 2. The Labute approximate surface area is 91.0 Å². The molecule has 4 nitrogen and oxygen atoms in total. The standard InChI is InChI=1S/C9H12BrN3O/c1-2-13(12)9(14)7-5-6(10)3-4-8(7)11/h3-5H,2,11-12H2,1H3. The number of hydrogen-bond acceptors (Lipinski definition) is 3. The summed E-state index contributed by atoms with van der Waals surface area (Å²) in [5.41, 5.74) is 6.51. The highest BCUT2D eigenvalue weighted by Gasteiger charge is 2.13. The maximum atomic E-state index is 11.6. The Morgan fingerprint density at radius 1 is 1.57 bits per heavy atom. The van der Waals surface area contributed by atoms with Crippen LogP contribution < -0.4 is 11.6 Å². The first-order valence-electron chi connectivity index (χ1n) is 4.17. The van der Waals surface area contributed by atoms with Crippen molar-refractivity contribution in [1.29, 1.82) is 0 Å². The molecule has 0 aliphatic heterocycles. The minimum Gasteiger partial charge on any atom is -0.398 e. The van der Waals surface area contributed by atoms with Crippen molar-refractivity contribution in [3.05, 3.63) is 28.2 Å². The van der Waals surface area contributed by atoms with Gasteiger partial charge in [0.1, 0.15) is 0 Å². The summed E-state index contributed by atoms with van der Waals surface area (Å²) in [6.45, 7) is 2.25. The zero-order chi connectivity index (χ0) is 10.7. The zero-order valence-electron chi connectivity index (χ0n) is 7.83. The van der Waals surface area contributed by atoms with E-state index in [0.29, 0.717) is 17.8 Å². The molecule has 0 aromatic heterocycles. The van der Waals surface area contributed by atoms with Crippen molar-refractivity contribution in [2.75, 3.05) is 12.3 Å². The summed E-state index contributed by atoms with van der Waals surface area (Å²) in [7, 11) is 0. The summed E-state index contributed by atoms with van der Waals surface area (Å²) in [4.78, 5) is 11.6. The summed E-state index contributed by atoms with van der Waals surface area (Å²) in [6, 6.07) is 5.10. The third kappa shape index (κ3) is 2.24. The highest BCUT2D eigenvalue weighted by atomic mass is 79.9. The molecule has 1 amide bonds. The van der Waals surface area contributed by atoms with Crippen LogP contribution in [0.15, 0.2) is 22.7 Å². The van der Waals surface area contributed by atoms with Gasteiger partial charge < -0.3 is 5.73 Å². The summed E-state index contributed by atoms with van der Waals surface area (Å²) in [5, 5.41) is 1.12. The molecule has 4 N–H and O–H groups in total.